The smallest absolute Gasteiger partial charge is 0.333 e. The van der Waals surface area contributed by atoms with Crippen molar-refractivity contribution < 1.29 is 19.4 Å². The molecule has 0 aromatic rings. The molecular weight excluding hydrogens is 220 g/mol. The number of rotatable bonds is 6. The van der Waals surface area contributed by atoms with Crippen molar-refractivity contribution in [2.75, 3.05) is 13.2 Å². The predicted octanol–water partition coefficient (Wildman–Crippen LogP) is 1.82. The van der Waals surface area contributed by atoms with E-state index in [1.54, 1.807) is 6.92 Å². The molecule has 1 atom stereocenters. The number of carbonyl (C=O) groups is 1. The monoisotopic (exact) mass is 242 g/mol. The maximum Gasteiger partial charge on any atom is 0.333 e. The minimum Gasteiger partial charge on any atom is -0.459 e. The van der Waals surface area contributed by atoms with Gasteiger partial charge >= 0.3 is 5.97 Å². The molecule has 0 heterocycles. The van der Waals surface area contributed by atoms with Crippen LogP contribution in [0.3, 0.4) is 0 Å². The van der Waals surface area contributed by atoms with Crippen molar-refractivity contribution in [3.8, 4) is 0 Å². The first-order chi connectivity index (χ1) is 8.13. The number of ether oxygens (including phenoxy) is 2. The quantitative estimate of drug-likeness (QED) is 0.570. The van der Waals surface area contributed by atoms with E-state index in [4.69, 9.17) is 14.6 Å². The van der Waals surface area contributed by atoms with E-state index in [0.29, 0.717) is 5.57 Å². The Labute approximate surface area is 103 Å². The number of hydrogen-bond donors (Lipinski definition) is 1. The second-order valence-corrected chi connectivity index (χ2v) is 4.58. The normalized spacial score (nSPS) is 18.7. The van der Waals surface area contributed by atoms with Crippen molar-refractivity contribution in [2.24, 2.45) is 0 Å². The van der Waals surface area contributed by atoms with Gasteiger partial charge in [0.1, 0.15) is 12.7 Å². The van der Waals surface area contributed by atoms with E-state index in [9.17, 15) is 4.79 Å². The van der Waals surface area contributed by atoms with Crippen molar-refractivity contribution >= 4 is 5.97 Å². The molecule has 0 aromatic heterocycles. The predicted molar refractivity (Wildman–Crippen MR) is 64.6 cm³/mol. The van der Waals surface area contributed by atoms with Crippen LogP contribution in [0, 0.1) is 0 Å². The summed E-state index contributed by atoms with van der Waals surface area (Å²) in [5.41, 5.74) is 0.361. The van der Waals surface area contributed by atoms with Crippen LogP contribution in [0.15, 0.2) is 12.2 Å². The summed E-state index contributed by atoms with van der Waals surface area (Å²) in [6, 6.07) is 0. The molecule has 0 saturated heterocycles. The summed E-state index contributed by atoms with van der Waals surface area (Å²) in [5.74, 6) is -0.435. The summed E-state index contributed by atoms with van der Waals surface area (Å²) in [7, 11) is 0. The molecule has 1 fully saturated rings. The van der Waals surface area contributed by atoms with Crippen LogP contribution in [0.2, 0.25) is 0 Å². The van der Waals surface area contributed by atoms with Crippen LogP contribution in [0.25, 0.3) is 0 Å². The topological polar surface area (TPSA) is 55.8 Å². The number of esters is 1. The lowest BCUT2D eigenvalue weighted by Gasteiger charge is -2.26. The van der Waals surface area contributed by atoms with E-state index in [0.717, 1.165) is 12.8 Å². The average molecular weight is 242 g/mol. The first kappa shape index (κ1) is 14.2. The molecule has 0 aromatic carbocycles. The number of carbonyl (C=O) groups excluding carboxylic acids is 1. The molecule has 1 unspecified atom stereocenters. The van der Waals surface area contributed by atoms with E-state index in [-0.39, 0.29) is 19.3 Å². The van der Waals surface area contributed by atoms with Gasteiger partial charge in [0.15, 0.2) is 0 Å². The van der Waals surface area contributed by atoms with Crippen molar-refractivity contribution in [2.45, 2.75) is 51.2 Å². The Balaban J connectivity index is 2.27. The molecule has 0 radical (unpaired) electrons. The van der Waals surface area contributed by atoms with Crippen LogP contribution in [-0.2, 0) is 14.3 Å². The standard InChI is InChI=1S/C13H22O4/c1-10(2)13(15)16-9-12(8-14)17-11-6-4-3-5-7-11/h11-12,14H,1,3-9H2,2H3. The summed E-state index contributed by atoms with van der Waals surface area (Å²) in [6.45, 7) is 5.06. The van der Waals surface area contributed by atoms with E-state index < -0.39 is 12.1 Å². The minimum absolute atomic E-state index is 0.0959. The van der Waals surface area contributed by atoms with Crippen molar-refractivity contribution in [1.29, 1.82) is 0 Å². The number of aliphatic hydroxyl groups excluding tert-OH is 1. The maximum absolute atomic E-state index is 11.2. The van der Waals surface area contributed by atoms with Crippen LogP contribution in [0.1, 0.15) is 39.0 Å². The zero-order valence-corrected chi connectivity index (χ0v) is 10.5. The highest BCUT2D eigenvalue weighted by Crippen LogP contribution is 2.21. The van der Waals surface area contributed by atoms with Gasteiger partial charge in [-0.25, -0.2) is 4.79 Å². The van der Waals surface area contributed by atoms with Crippen molar-refractivity contribution in [3.63, 3.8) is 0 Å². The lowest BCUT2D eigenvalue weighted by molar-refractivity contribution is -0.147. The van der Waals surface area contributed by atoms with Gasteiger partial charge in [0, 0.05) is 5.57 Å². The summed E-state index contributed by atoms with van der Waals surface area (Å²) in [4.78, 5) is 11.2. The molecule has 4 nitrogen and oxygen atoms in total. The van der Waals surface area contributed by atoms with Gasteiger partial charge in [-0.15, -0.1) is 0 Å². The third kappa shape index (κ3) is 5.33. The Morgan fingerprint density at radius 3 is 2.59 bits per heavy atom. The molecule has 98 valence electrons. The second kappa shape index (κ2) is 7.45. The van der Waals surface area contributed by atoms with Gasteiger partial charge in [-0.2, -0.15) is 0 Å². The maximum atomic E-state index is 11.2. The van der Waals surface area contributed by atoms with Gasteiger partial charge in [0.25, 0.3) is 0 Å². The van der Waals surface area contributed by atoms with Crippen LogP contribution in [-0.4, -0.2) is 36.5 Å². The Morgan fingerprint density at radius 1 is 1.41 bits per heavy atom. The highest BCUT2D eigenvalue weighted by atomic mass is 16.6. The lowest BCUT2D eigenvalue weighted by Crippen LogP contribution is -2.31. The molecule has 1 rings (SSSR count). The van der Waals surface area contributed by atoms with Gasteiger partial charge < -0.3 is 14.6 Å². The Morgan fingerprint density at radius 2 is 2.06 bits per heavy atom. The lowest BCUT2D eigenvalue weighted by atomic mass is 9.98. The summed E-state index contributed by atoms with van der Waals surface area (Å²) in [6.07, 6.45) is 5.46. The molecule has 0 aliphatic heterocycles. The fourth-order valence-electron chi connectivity index (χ4n) is 1.90. The van der Waals surface area contributed by atoms with Gasteiger partial charge in [-0.3, -0.25) is 0 Å². The van der Waals surface area contributed by atoms with Crippen molar-refractivity contribution in [1.82, 2.24) is 0 Å². The summed E-state index contributed by atoms with van der Waals surface area (Å²) >= 11 is 0. The highest BCUT2D eigenvalue weighted by Gasteiger charge is 2.20. The van der Waals surface area contributed by atoms with Crippen LogP contribution >= 0.6 is 0 Å². The van der Waals surface area contributed by atoms with E-state index >= 15 is 0 Å². The zero-order chi connectivity index (χ0) is 12.7. The molecule has 1 saturated carbocycles. The van der Waals surface area contributed by atoms with E-state index in [2.05, 4.69) is 6.58 Å². The molecule has 0 amide bonds. The van der Waals surface area contributed by atoms with E-state index in [1.807, 2.05) is 0 Å². The van der Waals surface area contributed by atoms with Crippen LogP contribution < -0.4 is 0 Å². The fraction of sp³-hybridized carbons (Fsp3) is 0.769. The molecule has 4 heteroatoms. The molecule has 17 heavy (non-hydrogen) atoms. The van der Waals surface area contributed by atoms with Gasteiger partial charge in [0.2, 0.25) is 0 Å². The third-order valence-corrected chi connectivity index (χ3v) is 2.89. The number of aliphatic hydroxyl groups is 1. The summed E-state index contributed by atoms with van der Waals surface area (Å²) in [5, 5.41) is 9.17. The fourth-order valence-corrected chi connectivity index (χ4v) is 1.90. The van der Waals surface area contributed by atoms with Crippen LogP contribution in [0.5, 0.6) is 0 Å². The SMILES string of the molecule is C=C(C)C(=O)OCC(CO)OC1CCCCC1. The third-order valence-electron chi connectivity index (χ3n) is 2.89. The van der Waals surface area contributed by atoms with Gasteiger partial charge in [-0.05, 0) is 19.8 Å². The molecule has 1 aliphatic rings. The average Bonchev–Trinajstić information content (AvgIpc) is 2.35. The molecule has 0 spiro atoms. The van der Waals surface area contributed by atoms with Gasteiger partial charge in [-0.1, -0.05) is 25.8 Å². The van der Waals surface area contributed by atoms with Gasteiger partial charge in [0.05, 0.1) is 12.7 Å². The first-order valence-corrected chi connectivity index (χ1v) is 6.22. The highest BCUT2D eigenvalue weighted by molar-refractivity contribution is 5.86. The second-order valence-electron chi connectivity index (χ2n) is 4.58. The Bertz CT molecular complexity index is 256. The molecule has 0 bridgehead atoms. The molecule has 1 N–H and O–H groups in total. The first-order valence-electron chi connectivity index (χ1n) is 6.22. The Kier molecular flexibility index (Phi) is 6.22. The largest absolute Gasteiger partial charge is 0.459 e. The number of hydrogen-bond acceptors (Lipinski definition) is 4. The molecule has 1 aliphatic carbocycles. The Hall–Kier alpha value is -0.870. The van der Waals surface area contributed by atoms with Crippen molar-refractivity contribution in [3.05, 3.63) is 12.2 Å². The summed E-state index contributed by atoms with van der Waals surface area (Å²) < 4.78 is 10.7. The zero-order valence-electron chi connectivity index (χ0n) is 10.5. The molecular formula is C13H22O4. The van der Waals surface area contributed by atoms with Crippen LogP contribution in [0.4, 0.5) is 0 Å². The minimum atomic E-state index is -0.435. The van der Waals surface area contributed by atoms with E-state index in [1.165, 1.54) is 19.3 Å².